The molecule has 0 saturated heterocycles. The van der Waals surface area contributed by atoms with Crippen molar-refractivity contribution in [1.29, 1.82) is 0 Å². The van der Waals surface area contributed by atoms with Gasteiger partial charge < -0.3 is 10.1 Å². The van der Waals surface area contributed by atoms with Gasteiger partial charge in [0.15, 0.2) is 4.34 Å². The summed E-state index contributed by atoms with van der Waals surface area (Å²) in [6.07, 6.45) is 0. The maximum atomic E-state index is 12.4. The number of ether oxygens (including phenoxy) is 1. The highest BCUT2D eigenvalue weighted by Crippen LogP contribution is 2.31. The second-order valence-electron chi connectivity index (χ2n) is 6.15. The van der Waals surface area contributed by atoms with Gasteiger partial charge in [-0.15, -0.1) is 11.3 Å². The molecule has 0 bridgehead atoms. The number of nitrogens with one attached hydrogen (secondary N) is 1. The second kappa shape index (κ2) is 9.06. The number of carbonyl (C=O) groups is 1. The van der Waals surface area contributed by atoms with Crippen LogP contribution in [-0.4, -0.2) is 23.3 Å². The number of methoxy groups -OCH3 is 1. The number of hydrogen-bond acceptors (Lipinski definition) is 5. The van der Waals surface area contributed by atoms with E-state index < -0.39 is 0 Å². The number of hydrogen-bond donors (Lipinski definition) is 1. The van der Waals surface area contributed by atoms with E-state index in [1.807, 2.05) is 36.6 Å². The summed E-state index contributed by atoms with van der Waals surface area (Å²) in [5, 5.41) is 4.78. The van der Waals surface area contributed by atoms with Crippen LogP contribution in [0.1, 0.15) is 18.1 Å². The van der Waals surface area contributed by atoms with Crippen molar-refractivity contribution in [2.75, 3.05) is 7.11 Å². The van der Waals surface area contributed by atoms with Crippen LogP contribution in [0.3, 0.4) is 0 Å². The smallest absolute Gasteiger partial charge is 0.233 e. The SMILES string of the molecule is COc1ccccc1CNC(=O)[C@@H](C)Sc1nc(-c2ccc(C)cc2)cs1. The predicted octanol–water partition coefficient (Wildman–Crippen LogP) is 4.92. The molecule has 0 spiro atoms. The van der Waals surface area contributed by atoms with Crippen LogP contribution in [0.15, 0.2) is 58.3 Å². The third-order valence-electron chi connectivity index (χ3n) is 4.12. The minimum Gasteiger partial charge on any atom is -0.496 e. The van der Waals surface area contributed by atoms with Crippen molar-refractivity contribution >= 4 is 29.0 Å². The fraction of sp³-hybridized carbons (Fsp3) is 0.238. The molecule has 0 fully saturated rings. The molecule has 140 valence electrons. The average Bonchev–Trinajstić information content (AvgIpc) is 3.15. The van der Waals surface area contributed by atoms with Gasteiger partial charge in [-0.3, -0.25) is 4.79 Å². The van der Waals surface area contributed by atoms with E-state index in [2.05, 4.69) is 41.5 Å². The number of thioether (sulfide) groups is 1. The van der Waals surface area contributed by atoms with Crippen LogP contribution in [0.4, 0.5) is 0 Å². The first-order valence-electron chi connectivity index (χ1n) is 8.65. The molecule has 3 rings (SSSR count). The summed E-state index contributed by atoms with van der Waals surface area (Å²) >= 11 is 3.05. The van der Waals surface area contributed by atoms with Crippen LogP contribution in [0, 0.1) is 6.92 Å². The Bertz CT molecular complexity index is 907. The average molecular weight is 399 g/mol. The maximum absolute atomic E-state index is 12.4. The zero-order valence-electron chi connectivity index (χ0n) is 15.6. The van der Waals surface area contributed by atoms with Crippen molar-refractivity contribution in [3.8, 4) is 17.0 Å². The normalized spacial score (nSPS) is 11.8. The van der Waals surface area contributed by atoms with E-state index >= 15 is 0 Å². The van der Waals surface area contributed by atoms with E-state index in [4.69, 9.17) is 4.74 Å². The van der Waals surface area contributed by atoms with Crippen molar-refractivity contribution in [2.45, 2.75) is 30.0 Å². The summed E-state index contributed by atoms with van der Waals surface area (Å²) in [5.41, 5.74) is 4.23. The fourth-order valence-corrected chi connectivity index (χ4v) is 4.54. The molecular weight excluding hydrogens is 376 g/mol. The van der Waals surface area contributed by atoms with Gasteiger partial charge >= 0.3 is 0 Å². The minimum absolute atomic E-state index is 0.0157. The summed E-state index contributed by atoms with van der Waals surface area (Å²) in [6.45, 7) is 4.41. The number of thiazole rings is 1. The standard InChI is InChI=1S/C21H22N2O2S2/c1-14-8-10-16(11-9-14)18-13-26-21(23-18)27-15(2)20(24)22-12-17-6-4-5-7-19(17)25-3/h4-11,13,15H,12H2,1-3H3,(H,22,24)/t15-/m1/s1. The summed E-state index contributed by atoms with van der Waals surface area (Å²) in [5.74, 6) is 0.763. The van der Waals surface area contributed by atoms with Crippen molar-refractivity contribution in [1.82, 2.24) is 10.3 Å². The lowest BCUT2D eigenvalue weighted by atomic mass is 10.1. The van der Waals surface area contributed by atoms with E-state index in [0.717, 1.165) is 26.9 Å². The third kappa shape index (κ3) is 5.11. The summed E-state index contributed by atoms with van der Waals surface area (Å²) < 4.78 is 6.22. The van der Waals surface area contributed by atoms with E-state index in [-0.39, 0.29) is 11.2 Å². The van der Waals surface area contributed by atoms with Gasteiger partial charge in [-0.2, -0.15) is 0 Å². The topological polar surface area (TPSA) is 51.2 Å². The Balaban J connectivity index is 1.57. The Labute approximate surface area is 168 Å². The van der Waals surface area contributed by atoms with Gasteiger partial charge in [-0.25, -0.2) is 4.98 Å². The molecule has 0 unspecified atom stereocenters. The number of benzene rings is 2. The number of amides is 1. The molecule has 1 atom stereocenters. The van der Waals surface area contributed by atoms with E-state index in [1.165, 1.54) is 17.3 Å². The first-order valence-corrected chi connectivity index (χ1v) is 10.4. The molecule has 0 radical (unpaired) electrons. The molecule has 0 aliphatic heterocycles. The van der Waals surface area contributed by atoms with E-state index in [1.54, 1.807) is 18.4 Å². The molecule has 0 saturated carbocycles. The van der Waals surface area contributed by atoms with E-state index in [0.29, 0.717) is 6.54 Å². The molecule has 3 aromatic rings. The summed E-state index contributed by atoms with van der Waals surface area (Å²) in [4.78, 5) is 17.1. The van der Waals surface area contributed by atoms with Gasteiger partial charge in [0.25, 0.3) is 0 Å². The monoisotopic (exact) mass is 398 g/mol. The molecule has 4 nitrogen and oxygen atoms in total. The zero-order valence-corrected chi connectivity index (χ0v) is 17.2. The van der Waals surface area contributed by atoms with Crippen LogP contribution in [0.25, 0.3) is 11.3 Å². The van der Waals surface area contributed by atoms with Gasteiger partial charge in [0, 0.05) is 23.1 Å². The molecule has 6 heteroatoms. The largest absolute Gasteiger partial charge is 0.496 e. The van der Waals surface area contributed by atoms with Crippen molar-refractivity contribution in [3.05, 3.63) is 65.0 Å². The Kier molecular flexibility index (Phi) is 6.53. The Hall–Kier alpha value is -2.31. The quantitative estimate of drug-likeness (QED) is 0.574. The molecule has 0 aliphatic rings. The number of para-hydroxylation sites is 1. The fourth-order valence-electron chi connectivity index (χ4n) is 2.55. The first kappa shape index (κ1) is 19.5. The Morgan fingerprint density at radius 2 is 1.96 bits per heavy atom. The molecule has 1 amide bonds. The molecule has 2 aromatic carbocycles. The zero-order chi connectivity index (χ0) is 19.2. The minimum atomic E-state index is -0.225. The second-order valence-corrected chi connectivity index (χ2v) is 8.60. The highest BCUT2D eigenvalue weighted by molar-refractivity contribution is 8.02. The van der Waals surface area contributed by atoms with Crippen LogP contribution >= 0.6 is 23.1 Å². The number of nitrogens with zero attached hydrogens (tertiary/aromatic N) is 1. The van der Waals surface area contributed by atoms with Crippen molar-refractivity contribution in [3.63, 3.8) is 0 Å². The van der Waals surface area contributed by atoms with Gasteiger partial charge in [0.05, 0.1) is 18.1 Å². The third-order valence-corrected chi connectivity index (χ3v) is 6.19. The van der Waals surface area contributed by atoms with Crippen molar-refractivity contribution < 1.29 is 9.53 Å². The number of carbonyl (C=O) groups excluding carboxylic acids is 1. The van der Waals surface area contributed by atoms with Crippen molar-refractivity contribution in [2.24, 2.45) is 0 Å². The lowest BCUT2D eigenvalue weighted by molar-refractivity contribution is -0.120. The maximum Gasteiger partial charge on any atom is 0.233 e. The number of aryl methyl sites for hydroxylation is 1. The highest BCUT2D eigenvalue weighted by atomic mass is 32.2. The molecule has 1 heterocycles. The Morgan fingerprint density at radius 1 is 1.22 bits per heavy atom. The lowest BCUT2D eigenvalue weighted by Crippen LogP contribution is -2.30. The highest BCUT2D eigenvalue weighted by Gasteiger charge is 2.17. The van der Waals surface area contributed by atoms with Crippen LogP contribution < -0.4 is 10.1 Å². The van der Waals surface area contributed by atoms with E-state index in [9.17, 15) is 4.79 Å². The van der Waals surface area contributed by atoms with Gasteiger partial charge in [-0.05, 0) is 19.9 Å². The summed E-state index contributed by atoms with van der Waals surface area (Å²) in [6, 6.07) is 16.0. The molecular formula is C21H22N2O2S2. The predicted molar refractivity (Wildman–Crippen MR) is 112 cm³/mol. The number of aromatic nitrogens is 1. The molecule has 27 heavy (non-hydrogen) atoms. The van der Waals surface area contributed by atoms with Gasteiger partial charge in [0.2, 0.25) is 5.91 Å². The van der Waals surface area contributed by atoms with Crippen LogP contribution in [0.5, 0.6) is 5.75 Å². The Morgan fingerprint density at radius 3 is 2.70 bits per heavy atom. The van der Waals surface area contributed by atoms with Gasteiger partial charge in [0.1, 0.15) is 5.75 Å². The summed E-state index contributed by atoms with van der Waals surface area (Å²) in [7, 11) is 1.63. The van der Waals surface area contributed by atoms with Crippen LogP contribution in [-0.2, 0) is 11.3 Å². The van der Waals surface area contributed by atoms with Gasteiger partial charge in [-0.1, -0.05) is 59.8 Å². The molecule has 1 N–H and O–H groups in total. The molecule has 1 aromatic heterocycles. The van der Waals surface area contributed by atoms with Crippen LogP contribution in [0.2, 0.25) is 0 Å². The number of rotatable bonds is 7. The first-order chi connectivity index (χ1) is 13.1. The molecule has 0 aliphatic carbocycles. The lowest BCUT2D eigenvalue weighted by Gasteiger charge is -2.12.